The SMILES string of the molecule is CCOC(=O)c1ccc(NCN2C(=O)S/C(=C\c3ccc(O)c(OC)c3)C2=O)cc1. The summed E-state index contributed by atoms with van der Waals surface area (Å²) in [4.78, 5) is 37.9. The van der Waals surface area contributed by atoms with E-state index in [0.717, 1.165) is 16.7 Å². The number of methoxy groups -OCH3 is 1. The van der Waals surface area contributed by atoms with Crippen molar-refractivity contribution in [2.45, 2.75) is 6.92 Å². The molecule has 1 fully saturated rings. The van der Waals surface area contributed by atoms with E-state index >= 15 is 0 Å². The number of nitrogens with zero attached hydrogens (tertiary/aromatic N) is 1. The Balaban J connectivity index is 1.66. The van der Waals surface area contributed by atoms with Crippen LogP contribution < -0.4 is 10.1 Å². The number of anilines is 1. The Morgan fingerprint density at radius 3 is 2.60 bits per heavy atom. The van der Waals surface area contributed by atoms with Crippen LogP contribution in [-0.2, 0) is 9.53 Å². The fourth-order valence-corrected chi connectivity index (χ4v) is 3.52. The van der Waals surface area contributed by atoms with E-state index < -0.39 is 17.1 Å². The zero-order valence-corrected chi connectivity index (χ0v) is 17.2. The Bertz CT molecular complexity index is 1000. The van der Waals surface area contributed by atoms with Gasteiger partial charge in [-0.25, -0.2) is 4.79 Å². The van der Waals surface area contributed by atoms with Crippen molar-refractivity contribution in [1.29, 1.82) is 0 Å². The van der Waals surface area contributed by atoms with Crippen LogP contribution in [0.4, 0.5) is 10.5 Å². The second kappa shape index (κ2) is 9.36. The quantitative estimate of drug-likeness (QED) is 0.508. The van der Waals surface area contributed by atoms with Gasteiger partial charge in [0.1, 0.15) is 0 Å². The van der Waals surface area contributed by atoms with Crippen LogP contribution in [0.25, 0.3) is 6.08 Å². The third kappa shape index (κ3) is 4.74. The van der Waals surface area contributed by atoms with Crippen LogP contribution in [0.3, 0.4) is 0 Å². The van der Waals surface area contributed by atoms with Crippen LogP contribution in [0.1, 0.15) is 22.8 Å². The fourth-order valence-electron chi connectivity index (χ4n) is 2.68. The van der Waals surface area contributed by atoms with Gasteiger partial charge in [0.05, 0.1) is 30.9 Å². The molecule has 0 bridgehead atoms. The summed E-state index contributed by atoms with van der Waals surface area (Å²) in [7, 11) is 1.43. The molecule has 1 aliphatic rings. The van der Waals surface area contributed by atoms with Crippen molar-refractivity contribution in [3.05, 3.63) is 58.5 Å². The molecule has 156 valence electrons. The van der Waals surface area contributed by atoms with Gasteiger partial charge < -0.3 is 19.9 Å². The van der Waals surface area contributed by atoms with E-state index in [0.29, 0.717) is 23.4 Å². The molecule has 0 radical (unpaired) electrons. The van der Waals surface area contributed by atoms with Crippen molar-refractivity contribution in [1.82, 2.24) is 4.90 Å². The molecular formula is C21H20N2O6S. The maximum absolute atomic E-state index is 12.6. The highest BCUT2D eigenvalue weighted by Gasteiger charge is 2.34. The molecule has 2 amide bonds. The van der Waals surface area contributed by atoms with Gasteiger partial charge in [-0.05, 0) is 66.7 Å². The van der Waals surface area contributed by atoms with E-state index in [2.05, 4.69) is 5.32 Å². The molecule has 0 unspecified atom stereocenters. The second-order valence-electron chi connectivity index (χ2n) is 6.17. The van der Waals surface area contributed by atoms with Crippen molar-refractivity contribution in [2.75, 3.05) is 25.7 Å². The molecule has 9 heteroatoms. The van der Waals surface area contributed by atoms with Gasteiger partial charge in [-0.3, -0.25) is 14.5 Å². The molecule has 0 aliphatic carbocycles. The first-order chi connectivity index (χ1) is 14.4. The summed E-state index contributed by atoms with van der Waals surface area (Å²) >= 11 is 0.835. The number of carbonyl (C=O) groups is 3. The molecule has 3 rings (SSSR count). The van der Waals surface area contributed by atoms with Crippen LogP contribution >= 0.6 is 11.8 Å². The van der Waals surface area contributed by atoms with Crippen molar-refractivity contribution in [2.24, 2.45) is 0 Å². The van der Waals surface area contributed by atoms with E-state index in [1.54, 1.807) is 49.4 Å². The Morgan fingerprint density at radius 1 is 1.20 bits per heavy atom. The molecule has 0 atom stereocenters. The average molecular weight is 428 g/mol. The summed E-state index contributed by atoms with van der Waals surface area (Å²) in [5.74, 6) is -0.574. The molecule has 1 saturated heterocycles. The van der Waals surface area contributed by atoms with E-state index in [-0.39, 0.29) is 23.1 Å². The number of phenols is 1. The zero-order chi connectivity index (χ0) is 21.7. The molecule has 2 aromatic carbocycles. The lowest BCUT2D eigenvalue weighted by Crippen LogP contribution is -2.33. The lowest BCUT2D eigenvalue weighted by Gasteiger charge is -2.14. The highest BCUT2D eigenvalue weighted by molar-refractivity contribution is 8.18. The van der Waals surface area contributed by atoms with Gasteiger partial charge in [-0.2, -0.15) is 0 Å². The summed E-state index contributed by atoms with van der Waals surface area (Å²) < 4.78 is 9.99. The minimum Gasteiger partial charge on any atom is -0.504 e. The molecule has 0 aromatic heterocycles. The predicted molar refractivity (Wildman–Crippen MR) is 113 cm³/mol. The molecule has 30 heavy (non-hydrogen) atoms. The standard InChI is InChI=1S/C21H20N2O6S/c1-3-29-20(26)14-5-7-15(8-6-14)22-12-23-19(25)18(30-21(23)27)11-13-4-9-16(24)17(10-13)28-2/h4-11,22,24H,3,12H2,1-2H3/b18-11-. The van der Waals surface area contributed by atoms with E-state index in [4.69, 9.17) is 9.47 Å². The van der Waals surface area contributed by atoms with Gasteiger partial charge in [0.15, 0.2) is 11.5 Å². The molecular weight excluding hydrogens is 408 g/mol. The lowest BCUT2D eigenvalue weighted by atomic mass is 10.2. The monoisotopic (exact) mass is 428 g/mol. The average Bonchev–Trinajstić information content (AvgIpc) is 3.01. The third-order valence-corrected chi connectivity index (χ3v) is 5.12. The Kier molecular flexibility index (Phi) is 6.63. The van der Waals surface area contributed by atoms with Gasteiger partial charge in [0, 0.05) is 5.69 Å². The summed E-state index contributed by atoms with van der Waals surface area (Å²) in [5.41, 5.74) is 1.69. The van der Waals surface area contributed by atoms with Crippen LogP contribution in [0.2, 0.25) is 0 Å². The summed E-state index contributed by atoms with van der Waals surface area (Å²) in [6, 6.07) is 11.2. The summed E-state index contributed by atoms with van der Waals surface area (Å²) in [6.07, 6.45) is 1.57. The van der Waals surface area contributed by atoms with Crippen LogP contribution in [0.5, 0.6) is 11.5 Å². The molecule has 2 aromatic rings. The summed E-state index contributed by atoms with van der Waals surface area (Å²) in [6.45, 7) is 2.01. The molecule has 1 heterocycles. The number of benzene rings is 2. The Hall–Kier alpha value is -3.46. The number of amides is 2. The molecule has 8 nitrogen and oxygen atoms in total. The van der Waals surface area contributed by atoms with Gasteiger partial charge in [0.25, 0.3) is 11.1 Å². The highest BCUT2D eigenvalue weighted by Crippen LogP contribution is 2.34. The predicted octanol–water partition coefficient (Wildman–Crippen LogP) is 3.68. The van der Waals surface area contributed by atoms with Crippen molar-refractivity contribution in [3.8, 4) is 11.5 Å². The van der Waals surface area contributed by atoms with Crippen molar-refractivity contribution in [3.63, 3.8) is 0 Å². The fraction of sp³-hybridized carbons (Fsp3) is 0.190. The van der Waals surface area contributed by atoms with E-state index in [9.17, 15) is 19.5 Å². The third-order valence-electron chi connectivity index (χ3n) is 4.21. The molecule has 1 aliphatic heterocycles. The van der Waals surface area contributed by atoms with E-state index in [1.165, 1.54) is 13.2 Å². The number of nitrogens with one attached hydrogen (secondary N) is 1. The molecule has 0 saturated carbocycles. The minimum atomic E-state index is -0.423. The maximum Gasteiger partial charge on any atom is 0.338 e. The van der Waals surface area contributed by atoms with Crippen LogP contribution in [0.15, 0.2) is 47.4 Å². The number of carbonyl (C=O) groups excluding carboxylic acids is 3. The smallest absolute Gasteiger partial charge is 0.338 e. The second-order valence-corrected chi connectivity index (χ2v) is 7.17. The van der Waals surface area contributed by atoms with Gasteiger partial charge in [-0.1, -0.05) is 6.07 Å². The Morgan fingerprint density at radius 2 is 1.93 bits per heavy atom. The van der Waals surface area contributed by atoms with Crippen molar-refractivity contribution >= 4 is 40.6 Å². The maximum atomic E-state index is 12.6. The van der Waals surface area contributed by atoms with E-state index in [1.807, 2.05) is 0 Å². The van der Waals surface area contributed by atoms with Gasteiger partial charge in [0.2, 0.25) is 0 Å². The number of esters is 1. The number of rotatable bonds is 7. The normalized spacial score (nSPS) is 14.9. The van der Waals surface area contributed by atoms with Crippen LogP contribution in [-0.4, -0.2) is 47.5 Å². The number of hydrogen-bond donors (Lipinski definition) is 2. The first-order valence-corrected chi connectivity index (χ1v) is 9.88. The van der Waals surface area contributed by atoms with Crippen LogP contribution in [0, 0.1) is 0 Å². The lowest BCUT2D eigenvalue weighted by molar-refractivity contribution is -0.122. The van der Waals surface area contributed by atoms with Crippen molar-refractivity contribution < 1.29 is 29.0 Å². The minimum absolute atomic E-state index is 0.0130. The largest absolute Gasteiger partial charge is 0.504 e. The highest BCUT2D eigenvalue weighted by atomic mass is 32.2. The Labute approximate surface area is 177 Å². The van der Waals surface area contributed by atoms with Gasteiger partial charge >= 0.3 is 5.97 Å². The first kappa shape index (κ1) is 21.3. The number of phenolic OH excluding ortho intramolecular Hbond substituents is 1. The number of ether oxygens (including phenoxy) is 2. The number of imide groups is 1. The first-order valence-electron chi connectivity index (χ1n) is 9.06. The number of aromatic hydroxyl groups is 1. The number of thioether (sulfide) groups is 1. The summed E-state index contributed by atoms with van der Waals surface area (Å²) in [5, 5.41) is 12.3. The number of hydrogen-bond acceptors (Lipinski definition) is 8. The molecule has 2 N–H and O–H groups in total. The zero-order valence-electron chi connectivity index (χ0n) is 16.4. The van der Waals surface area contributed by atoms with Gasteiger partial charge in [-0.15, -0.1) is 0 Å². The molecule has 0 spiro atoms. The topological polar surface area (TPSA) is 105 Å².